The van der Waals surface area contributed by atoms with E-state index in [1.807, 2.05) is 12.1 Å². The minimum Gasteiger partial charge on any atom is -0.486 e. The average Bonchev–Trinajstić information content (AvgIpc) is 2.39. The number of benzene rings is 2. The molecular formula is C13H9Br3N2O3. The van der Waals surface area contributed by atoms with E-state index >= 15 is 0 Å². The maximum Gasteiger partial charge on any atom is 0.269 e. The van der Waals surface area contributed by atoms with E-state index in [1.165, 1.54) is 18.2 Å². The molecule has 8 heteroatoms. The van der Waals surface area contributed by atoms with Gasteiger partial charge in [-0.05, 0) is 50.1 Å². The number of anilines is 1. The van der Waals surface area contributed by atoms with Crippen LogP contribution in [0.25, 0.3) is 0 Å². The highest BCUT2D eigenvalue weighted by atomic mass is 79.9. The van der Waals surface area contributed by atoms with E-state index in [4.69, 9.17) is 10.5 Å². The van der Waals surface area contributed by atoms with Gasteiger partial charge in [-0.25, -0.2) is 0 Å². The molecule has 0 aromatic heterocycles. The summed E-state index contributed by atoms with van der Waals surface area (Å²) < 4.78 is 8.11. The van der Waals surface area contributed by atoms with E-state index in [0.29, 0.717) is 17.0 Å². The largest absolute Gasteiger partial charge is 0.486 e. The molecule has 2 rings (SSSR count). The Bertz CT molecular complexity index is 684. The Morgan fingerprint density at radius 2 is 1.76 bits per heavy atom. The Morgan fingerprint density at radius 1 is 1.14 bits per heavy atom. The quantitative estimate of drug-likeness (QED) is 0.377. The molecule has 2 aromatic carbocycles. The third kappa shape index (κ3) is 3.96. The second-order valence-electron chi connectivity index (χ2n) is 4.13. The number of nitrogen functional groups attached to an aromatic ring is 1. The third-order valence-electron chi connectivity index (χ3n) is 2.67. The fourth-order valence-electron chi connectivity index (χ4n) is 1.65. The highest BCUT2D eigenvalue weighted by molar-refractivity contribution is 9.11. The summed E-state index contributed by atoms with van der Waals surface area (Å²) in [5, 5.41) is 10.8. The molecule has 110 valence electrons. The van der Waals surface area contributed by atoms with Gasteiger partial charge in [0.05, 0.1) is 13.9 Å². The predicted molar refractivity (Wildman–Crippen MR) is 91.4 cm³/mol. The molecule has 2 N–H and O–H groups in total. The first-order valence-electron chi connectivity index (χ1n) is 5.68. The lowest BCUT2D eigenvalue weighted by Gasteiger charge is -2.12. The molecule has 21 heavy (non-hydrogen) atoms. The van der Waals surface area contributed by atoms with Crippen LogP contribution in [-0.4, -0.2) is 4.92 Å². The highest BCUT2D eigenvalue weighted by Crippen LogP contribution is 2.37. The first kappa shape index (κ1) is 16.3. The van der Waals surface area contributed by atoms with E-state index in [2.05, 4.69) is 47.8 Å². The van der Waals surface area contributed by atoms with Gasteiger partial charge in [0.25, 0.3) is 5.69 Å². The van der Waals surface area contributed by atoms with Crippen molar-refractivity contribution in [3.63, 3.8) is 0 Å². The SMILES string of the molecule is Nc1ccc([N+](=O)[O-])cc1COc1c(Br)cc(Br)cc1Br. The van der Waals surface area contributed by atoms with Crippen LogP contribution in [0.15, 0.2) is 43.7 Å². The molecule has 0 unspecified atom stereocenters. The van der Waals surface area contributed by atoms with E-state index in [0.717, 1.165) is 13.4 Å². The molecule has 0 radical (unpaired) electrons. The summed E-state index contributed by atoms with van der Waals surface area (Å²) in [5.74, 6) is 0.601. The summed E-state index contributed by atoms with van der Waals surface area (Å²) in [6, 6.07) is 7.97. The molecule has 5 nitrogen and oxygen atoms in total. The van der Waals surface area contributed by atoms with E-state index in [-0.39, 0.29) is 12.3 Å². The molecule has 0 saturated carbocycles. The monoisotopic (exact) mass is 478 g/mol. The summed E-state index contributed by atoms with van der Waals surface area (Å²) in [6.45, 7) is 0.131. The van der Waals surface area contributed by atoms with Crippen molar-refractivity contribution in [2.75, 3.05) is 5.73 Å². The molecule has 0 aliphatic heterocycles. The number of rotatable bonds is 4. The van der Waals surface area contributed by atoms with Gasteiger partial charge < -0.3 is 10.5 Å². The maximum absolute atomic E-state index is 10.8. The number of nitrogens with two attached hydrogens (primary N) is 1. The first-order chi connectivity index (χ1) is 9.88. The Labute approximate surface area is 146 Å². The summed E-state index contributed by atoms with van der Waals surface area (Å²) in [5.41, 5.74) is 6.81. The van der Waals surface area contributed by atoms with Crippen LogP contribution in [0.1, 0.15) is 5.56 Å². The van der Waals surface area contributed by atoms with Crippen molar-refractivity contribution in [2.24, 2.45) is 0 Å². The molecule has 2 aromatic rings. The van der Waals surface area contributed by atoms with Gasteiger partial charge in [-0.2, -0.15) is 0 Å². The van der Waals surface area contributed by atoms with Crippen LogP contribution in [0.4, 0.5) is 11.4 Å². The number of nitro benzene ring substituents is 1. The van der Waals surface area contributed by atoms with Crippen molar-refractivity contribution in [3.8, 4) is 5.75 Å². The second kappa shape index (κ2) is 6.76. The Kier molecular flexibility index (Phi) is 5.23. The Balaban J connectivity index is 2.24. The third-order valence-corrected chi connectivity index (χ3v) is 4.31. The smallest absolute Gasteiger partial charge is 0.269 e. The molecule has 0 aliphatic rings. The van der Waals surface area contributed by atoms with Crippen molar-refractivity contribution in [1.82, 2.24) is 0 Å². The molecular weight excluding hydrogens is 472 g/mol. The predicted octanol–water partition coefficient (Wildman–Crippen LogP) is 5.04. The molecule has 0 fully saturated rings. The summed E-state index contributed by atoms with van der Waals surface area (Å²) in [4.78, 5) is 10.3. The van der Waals surface area contributed by atoms with Gasteiger partial charge in [0, 0.05) is 27.9 Å². The number of nitrogens with zero attached hydrogens (tertiary/aromatic N) is 1. The van der Waals surface area contributed by atoms with Crippen LogP contribution in [0.2, 0.25) is 0 Å². The van der Waals surface area contributed by atoms with Crippen LogP contribution in [0.5, 0.6) is 5.75 Å². The fraction of sp³-hybridized carbons (Fsp3) is 0.0769. The molecule has 0 heterocycles. The van der Waals surface area contributed by atoms with E-state index < -0.39 is 4.92 Å². The summed E-state index contributed by atoms with van der Waals surface area (Å²) in [6.07, 6.45) is 0. The normalized spacial score (nSPS) is 10.4. The molecule has 0 atom stereocenters. The van der Waals surface area contributed by atoms with Gasteiger partial charge in [-0.15, -0.1) is 0 Å². The van der Waals surface area contributed by atoms with Crippen molar-refractivity contribution in [2.45, 2.75) is 6.61 Å². The number of ether oxygens (including phenoxy) is 1. The zero-order valence-corrected chi connectivity index (χ0v) is 15.2. The lowest BCUT2D eigenvalue weighted by Crippen LogP contribution is -2.02. The van der Waals surface area contributed by atoms with Gasteiger partial charge in [-0.1, -0.05) is 15.9 Å². The highest BCUT2D eigenvalue weighted by Gasteiger charge is 2.12. The number of nitro groups is 1. The average molecular weight is 481 g/mol. The van der Waals surface area contributed by atoms with Crippen LogP contribution in [-0.2, 0) is 6.61 Å². The molecule has 0 bridgehead atoms. The summed E-state index contributed by atoms with van der Waals surface area (Å²) >= 11 is 10.2. The van der Waals surface area contributed by atoms with Gasteiger partial charge in [0.2, 0.25) is 0 Å². The van der Waals surface area contributed by atoms with Crippen molar-refractivity contribution < 1.29 is 9.66 Å². The van der Waals surface area contributed by atoms with Crippen molar-refractivity contribution in [3.05, 3.63) is 59.4 Å². The first-order valence-corrected chi connectivity index (χ1v) is 8.06. The Morgan fingerprint density at radius 3 is 2.33 bits per heavy atom. The summed E-state index contributed by atoms with van der Waals surface area (Å²) in [7, 11) is 0. The maximum atomic E-state index is 10.8. The van der Waals surface area contributed by atoms with Crippen molar-refractivity contribution in [1.29, 1.82) is 0 Å². The lowest BCUT2D eigenvalue weighted by atomic mass is 10.1. The van der Waals surface area contributed by atoms with Gasteiger partial charge in [0.15, 0.2) is 0 Å². The second-order valence-corrected chi connectivity index (χ2v) is 6.75. The Hall–Kier alpha value is -1.12. The minimum atomic E-state index is -0.464. The van der Waals surface area contributed by atoms with Crippen molar-refractivity contribution >= 4 is 59.2 Å². The van der Waals surface area contributed by atoms with Gasteiger partial charge in [-0.3, -0.25) is 10.1 Å². The van der Waals surface area contributed by atoms with Crippen LogP contribution in [0.3, 0.4) is 0 Å². The van der Waals surface area contributed by atoms with E-state index in [1.54, 1.807) is 0 Å². The molecule has 0 aliphatic carbocycles. The number of halogens is 3. The zero-order valence-electron chi connectivity index (χ0n) is 10.5. The standard InChI is InChI=1S/C13H9Br3N2O3/c14-8-4-10(15)13(11(16)5-8)21-6-7-3-9(18(19)20)1-2-12(7)17/h1-5H,6,17H2. The molecule has 0 amide bonds. The number of hydrogen-bond acceptors (Lipinski definition) is 4. The van der Waals surface area contributed by atoms with Gasteiger partial charge in [0.1, 0.15) is 12.4 Å². The van der Waals surface area contributed by atoms with E-state index in [9.17, 15) is 10.1 Å². The van der Waals surface area contributed by atoms with Gasteiger partial charge >= 0.3 is 0 Å². The fourth-order valence-corrected chi connectivity index (χ4v) is 4.14. The number of non-ortho nitro benzene ring substituents is 1. The van der Waals surface area contributed by atoms with Crippen LogP contribution >= 0.6 is 47.8 Å². The number of hydrogen-bond donors (Lipinski definition) is 1. The molecule has 0 saturated heterocycles. The minimum absolute atomic E-state index is 0.0169. The lowest BCUT2D eigenvalue weighted by molar-refractivity contribution is -0.384. The van der Waals surface area contributed by atoms with Crippen LogP contribution in [0, 0.1) is 10.1 Å². The van der Waals surface area contributed by atoms with Crippen LogP contribution < -0.4 is 10.5 Å². The molecule has 0 spiro atoms. The topological polar surface area (TPSA) is 78.4 Å². The zero-order chi connectivity index (χ0) is 15.6.